The molecular formula is C18H17ClFN3O2. The van der Waals surface area contributed by atoms with Gasteiger partial charge in [0.05, 0.1) is 13.2 Å². The minimum atomic E-state index is -0.309. The molecule has 0 fully saturated rings. The summed E-state index contributed by atoms with van der Waals surface area (Å²) in [7, 11) is 1.65. The van der Waals surface area contributed by atoms with Gasteiger partial charge >= 0.3 is 0 Å². The van der Waals surface area contributed by atoms with Gasteiger partial charge in [0.25, 0.3) is 0 Å². The van der Waals surface area contributed by atoms with Gasteiger partial charge in [-0.2, -0.15) is 5.10 Å². The lowest BCUT2D eigenvalue weighted by Gasteiger charge is -2.18. The molecule has 3 rings (SSSR count). The van der Waals surface area contributed by atoms with Crippen molar-refractivity contribution < 1.29 is 13.9 Å². The van der Waals surface area contributed by atoms with Crippen LogP contribution < -0.4 is 4.74 Å². The van der Waals surface area contributed by atoms with E-state index in [1.54, 1.807) is 36.3 Å². The molecule has 0 amide bonds. The molecule has 1 atom stereocenters. The van der Waals surface area contributed by atoms with Crippen molar-refractivity contribution >= 4 is 11.6 Å². The Morgan fingerprint density at radius 3 is 2.56 bits per heavy atom. The van der Waals surface area contributed by atoms with Crippen LogP contribution in [0.5, 0.6) is 11.5 Å². The van der Waals surface area contributed by atoms with E-state index in [1.807, 2.05) is 12.1 Å². The number of benzene rings is 2. The fourth-order valence-corrected chi connectivity index (χ4v) is 2.86. The van der Waals surface area contributed by atoms with Crippen molar-refractivity contribution in [2.75, 3.05) is 13.7 Å². The van der Waals surface area contributed by atoms with Crippen molar-refractivity contribution in [1.29, 1.82) is 0 Å². The number of hydrogen-bond acceptors (Lipinski definition) is 4. The van der Waals surface area contributed by atoms with E-state index in [4.69, 9.17) is 21.1 Å². The largest absolute Gasteiger partial charge is 0.457 e. The van der Waals surface area contributed by atoms with Crippen molar-refractivity contribution in [2.24, 2.45) is 0 Å². The first-order valence-corrected chi connectivity index (χ1v) is 8.07. The number of hydrogen-bond donors (Lipinski definition) is 0. The van der Waals surface area contributed by atoms with E-state index in [1.165, 1.54) is 18.5 Å². The van der Waals surface area contributed by atoms with E-state index in [0.29, 0.717) is 29.7 Å². The Balaban J connectivity index is 1.78. The average Bonchev–Trinajstić information content (AvgIpc) is 3.10. The summed E-state index contributed by atoms with van der Waals surface area (Å²) in [6.07, 6.45) is 3.15. The van der Waals surface area contributed by atoms with E-state index in [0.717, 1.165) is 5.56 Å². The highest BCUT2D eigenvalue weighted by molar-refractivity contribution is 6.31. The fraction of sp³-hybridized carbons (Fsp3) is 0.222. The van der Waals surface area contributed by atoms with Crippen LogP contribution in [0.1, 0.15) is 11.5 Å². The summed E-state index contributed by atoms with van der Waals surface area (Å²) in [4.78, 5) is 3.95. The Morgan fingerprint density at radius 2 is 1.92 bits per heavy atom. The summed E-state index contributed by atoms with van der Waals surface area (Å²) >= 11 is 6.45. The summed E-state index contributed by atoms with van der Waals surface area (Å²) in [5.74, 6) is 0.842. The van der Waals surface area contributed by atoms with Crippen LogP contribution in [0.25, 0.3) is 0 Å². The van der Waals surface area contributed by atoms with E-state index in [2.05, 4.69) is 10.1 Å². The smallest absolute Gasteiger partial charge is 0.137 e. The molecule has 7 heteroatoms. The molecule has 5 nitrogen and oxygen atoms in total. The van der Waals surface area contributed by atoms with Gasteiger partial charge in [0.2, 0.25) is 0 Å². The van der Waals surface area contributed by atoms with Crippen molar-refractivity contribution in [3.63, 3.8) is 0 Å². The minimum Gasteiger partial charge on any atom is -0.457 e. The van der Waals surface area contributed by atoms with Crippen LogP contribution in [0.15, 0.2) is 55.1 Å². The van der Waals surface area contributed by atoms with Gasteiger partial charge in [-0.05, 0) is 42.0 Å². The van der Waals surface area contributed by atoms with Crippen molar-refractivity contribution in [3.05, 3.63) is 71.5 Å². The zero-order valence-corrected chi connectivity index (χ0v) is 14.4. The Hall–Kier alpha value is -2.44. The summed E-state index contributed by atoms with van der Waals surface area (Å²) in [5.41, 5.74) is 0.936. The SMILES string of the molecule is COCC(Cn1cncn1)c1ccc(Oc2ccc(F)cc2)cc1Cl. The summed E-state index contributed by atoms with van der Waals surface area (Å²) in [5, 5.41) is 4.70. The second-order valence-electron chi connectivity index (χ2n) is 5.51. The van der Waals surface area contributed by atoms with Crippen LogP contribution in [-0.4, -0.2) is 28.5 Å². The number of halogens is 2. The van der Waals surface area contributed by atoms with E-state index in [-0.39, 0.29) is 11.7 Å². The van der Waals surface area contributed by atoms with Gasteiger partial charge < -0.3 is 9.47 Å². The van der Waals surface area contributed by atoms with Crippen molar-refractivity contribution in [2.45, 2.75) is 12.5 Å². The maximum atomic E-state index is 13.0. The van der Waals surface area contributed by atoms with Crippen LogP contribution in [0.2, 0.25) is 5.02 Å². The van der Waals surface area contributed by atoms with Crippen molar-refractivity contribution in [1.82, 2.24) is 14.8 Å². The van der Waals surface area contributed by atoms with Gasteiger partial charge in [-0.25, -0.2) is 9.37 Å². The Labute approximate surface area is 150 Å². The molecule has 3 aromatic rings. The predicted molar refractivity (Wildman–Crippen MR) is 92.6 cm³/mol. The average molecular weight is 362 g/mol. The molecule has 130 valence electrons. The zero-order valence-electron chi connectivity index (χ0n) is 13.6. The predicted octanol–water partition coefficient (Wildman–Crippen LogP) is 4.29. The molecule has 0 aliphatic carbocycles. The van der Waals surface area contributed by atoms with E-state index >= 15 is 0 Å². The first kappa shape index (κ1) is 17.4. The molecule has 0 aliphatic rings. The highest BCUT2D eigenvalue weighted by Gasteiger charge is 2.17. The second kappa shape index (κ2) is 8.09. The molecule has 2 aromatic carbocycles. The lowest BCUT2D eigenvalue weighted by molar-refractivity contribution is 0.170. The standard InChI is InChI=1S/C18H17ClFN3O2/c1-24-10-13(9-23-12-21-11-22-23)17-7-6-16(8-18(17)19)25-15-4-2-14(20)3-5-15/h2-8,11-13H,9-10H2,1H3. The van der Waals surface area contributed by atoms with Gasteiger partial charge in [-0.1, -0.05) is 17.7 Å². The number of aromatic nitrogens is 3. The molecule has 0 spiro atoms. The Kier molecular flexibility index (Phi) is 5.63. The Morgan fingerprint density at radius 1 is 1.16 bits per heavy atom. The van der Waals surface area contributed by atoms with Crippen LogP contribution >= 0.6 is 11.6 Å². The number of nitrogens with zero attached hydrogens (tertiary/aromatic N) is 3. The van der Waals surface area contributed by atoms with E-state index < -0.39 is 0 Å². The number of rotatable bonds is 7. The molecule has 1 heterocycles. The summed E-state index contributed by atoms with van der Waals surface area (Å²) in [6, 6.07) is 11.3. The van der Waals surface area contributed by atoms with Gasteiger partial charge in [-0.3, -0.25) is 4.68 Å². The van der Waals surface area contributed by atoms with Crippen LogP contribution in [0.3, 0.4) is 0 Å². The highest BCUT2D eigenvalue weighted by atomic mass is 35.5. The van der Waals surface area contributed by atoms with Gasteiger partial charge in [-0.15, -0.1) is 0 Å². The third kappa shape index (κ3) is 4.55. The maximum absolute atomic E-state index is 13.0. The van der Waals surface area contributed by atoms with Crippen LogP contribution in [-0.2, 0) is 11.3 Å². The molecule has 1 unspecified atom stereocenters. The minimum absolute atomic E-state index is 0.0269. The van der Waals surface area contributed by atoms with Gasteiger partial charge in [0.1, 0.15) is 30.0 Å². The molecule has 0 aliphatic heterocycles. The fourth-order valence-electron chi connectivity index (χ4n) is 2.54. The second-order valence-corrected chi connectivity index (χ2v) is 5.92. The maximum Gasteiger partial charge on any atom is 0.137 e. The topological polar surface area (TPSA) is 49.2 Å². The van der Waals surface area contributed by atoms with Gasteiger partial charge in [0.15, 0.2) is 0 Å². The molecule has 25 heavy (non-hydrogen) atoms. The number of ether oxygens (including phenoxy) is 2. The lowest BCUT2D eigenvalue weighted by Crippen LogP contribution is -2.15. The summed E-state index contributed by atoms with van der Waals surface area (Å²) < 4.78 is 25.7. The highest BCUT2D eigenvalue weighted by Crippen LogP contribution is 2.31. The molecule has 0 bridgehead atoms. The number of methoxy groups -OCH3 is 1. The molecule has 0 radical (unpaired) electrons. The van der Waals surface area contributed by atoms with Crippen LogP contribution in [0, 0.1) is 5.82 Å². The van der Waals surface area contributed by atoms with E-state index in [9.17, 15) is 4.39 Å². The Bertz CT molecular complexity index is 810. The molecule has 0 saturated carbocycles. The third-order valence-corrected chi connectivity index (χ3v) is 4.03. The van der Waals surface area contributed by atoms with Crippen LogP contribution in [0.4, 0.5) is 4.39 Å². The monoisotopic (exact) mass is 361 g/mol. The molecular weight excluding hydrogens is 345 g/mol. The normalized spacial score (nSPS) is 12.1. The molecule has 0 saturated heterocycles. The molecule has 0 N–H and O–H groups in total. The van der Waals surface area contributed by atoms with Crippen molar-refractivity contribution in [3.8, 4) is 11.5 Å². The molecule has 1 aromatic heterocycles. The lowest BCUT2D eigenvalue weighted by atomic mass is 9.99. The first-order chi connectivity index (χ1) is 12.2. The van der Waals surface area contributed by atoms with Gasteiger partial charge in [0, 0.05) is 18.1 Å². The third-order valence-electron chi connectivity index (χ3n) is 3.70. The summed E-state index contributed by atoms with van der Waals surface area (Å²) in [6.45, 7) is 1.10. The zero-order chi connectivity index (χ0) is 17.6. The first-order valence-electron chi connectivity index (χ1n) is 7.70. The quantitative estimate of drug-likeness (QED) is 0.629.